The van der Waals surface area contributed by atoms with E-state index in [1.807, 2.05) is 23.1 Å². The molecule has 1 saturated heterocycles. The van der Waals surface area contributed by atoms with Crippen molar-refractivity contribution in [3.63, 3.8) is 0 Å². The average molecular weight is 496 g/mol. The summed E-state index contributed by atoms with van der Waals surface area (Å²) < 4.78 is 18.7. The number of hydrogen-bond acceptors (Lipinski definition) is 6. The Morgan fingerprint density at radius 2 is 1.72 bits per heavy atom. The number of anilines is 1. The molecule has 1 aromatic heterocycles. The summed E-state index contributed by atoms with van der Waals surface area (Å²) in [6, 6.07) is 12.7. The first-order chi connectivity index (χ1) is 17.3. The maximum atomic E-state index is 13.4. The van der Waals surface area contributed by atoms with Gasteiger partial charge in [-0.05, 0) is 56.1 Å². The Bertz CT molecular complexity index is 1280. The number of carbonyl (C=O) groups is 3. The molecule has 0 radical (unpaired) electrons. The van der Waals surface area contributed by atoms with Crippen LogP contribution in [-0.4, -0.2) is 64.3 Å². The summed E-state index contributed by atoms with van der Waals surface area (Å²) in [5.74, 6) is -2.37. The van der Waals surface area contributed by atoms with Gasteiger partial charge in [0.25, 0.3) is 0 Å². The predicted molar refractivity (Wildman–Crippen MR) is 129 cm³/mol. The topological polar surface area (TPSA) is 124 Å². The second-order valence-electron chi connectivity index (χ2n) is 8.69. The number of hydrogen-bond donors (Lipinski definition) is 2. The maximum Gasteiger partial charge on any atom is 0.328 e. The number of rotatable bonds is 5. The lowest BCUT2D eigenvalue weighted by Gasteiger charge is -2.31. The van der Waals surface area contributed by atoms with Crippen LogP contribution in [0.1, 0.15) is 30.0 Å². The molecule has 10 heteroatoms. The molecule has 2 aromatic carbocycles. The molecule has 2 aliphatic rings. The van der Waals surface area contributed by atoms with E-state index in [-0.39, 0.29) is 17.6 Å². The highest BCUT2D eigenvalue weighted by Gasteiger charge is 2.29. The number of likely N-dealkylation sites (tertiary alicyclic amines) is 1. The normalized spacial score (nSPS) is 16.1. The van der Waals surface area contributed by atoms with Crippen molar-refractivity contribution in [3.05, 3.63) is 71.7 Å². The lowest BCUT2D eigenvalue weighted by molar-refractivity contribution is -0.134. The van der Waals surface area contributed by atoms with Crippen molar-refractivity contribution in [2.45, 2.75) is 25.2 Å². The Kier molecular flexibility index (Phi) is 7.74. The Hall–Kier alpha value is -4.05. The minimum atomic E-state index is -1.26. The lowest BCUT2D eigenvalue weighted by atomic mass is 9.91. The second kappa shape index (κ2) is 11.1. The zero-order chi connectivity index (χ0) is 25.7. The Labute approximate surface area is 206 Å². The highest BCUT2D eigenvalue weighted by atomic mass is 19.1. The third kappa shape index (κ3) is 5.95. The summed E-state index contributed by atoms with van der Waals surface area (Å²) in [6.45, 7) is 2.92. The molecule has 0 atom stereocenters. The number of nitrogens with zero attached hydrogens (tertiary/aromatic N) is 3. The highest BCUT2D eigenvalue weighted by molar-refractivity contribution is 5.96. The number of carbonyl (C=O) groups excluding carboxylic acids is 1. The van der Waals surface area contributed by atoms with E-state index in [0.717, 1.165) is 55.7 Å². The van der Waals surface area contributed by atoms with Crippen LogP contribution in [-0.2, 0) is 20.8 Å². The van der Waals surface area contributed by atoms with Crippen LogP contribution < -0.4 is 4.90 Å². The van der Waals surface area contributed by atoms with Gasteiger partial charge in [0.1, 0.15) is 5.82 Å². The molecule has 5 rings (SSSR count). The number of piperidine rings is 1. The van der Waals surface area contributed by atoms with Crippen LogP contribution in [0.2, 0.25) is 0 Å². The second-order valence-corrected chi connectivity index (χ2v) is 8.69. The molecule has 2 N–H and O–H groups in total. The number of para-hydroxylation sites is 1. The molecule has 3 heterocycles. The number of aromatic nitrogens is 1. The molecule has 36 heavy (non-hydrogen) atoms. The molecule has 0 aliphatic carbocycles. The van der Waals surface area contributed by atoms with Crippen molar-refractivity contribution < 1.29 is 33.5 Å². The molecular weight excluding hydrogens is 469 g/mol. The van der Waals surface area contributed by atoms with Crippen LogP contribution in [0.15, 0.2) is 59.1 Å². The number of amides is 1. The van der Waals surface area contributed by atoms with Gasteiger partial charge in [0.15, 0.2) is 5.58 Å². The Balaban J connectivity index is 0.000000331. The first-order valence-corrected chi connectivity index (χ1v) is 11.6. The Morgan fingerprint density at radius 3 is 2.42 bits per heavy atom. The van der Waals surface area contributed by atoms with Crippen molar-refractivity contribution in [3.8, 4) is 0 Å². The van der Waals surface area contributed by atoms with E-state index >= 15 is 0 Å². The van der Waals surface area contributed by atoms with E-state index < -0.39 is 11.9 Å². The Morgan fingerprint density at radius 1 is 1.03 bits per heavy atom. The molecule has 188 valence electrons. The van der Waals surface area contributed by atoms with Gasteiger partial charge in [-0.25, -0.2) is 14.0 Å². The standard InChI is InChI=1S/C22H22FN3O2.C4H4O4/c23-17-5-6-18-20(13-17)28-24-22(18)16-7-10-25(11-8-16)14-21(27)26-12-9-15-3-1-2-4-19(15)26;5-3(6)1-2-4(7)8/h1-6,13,16H,7-12,14H2;1-2H,(H,5,6)(H,7,8)/b;2-1+. The maximum absolute atomic E-state index is 13.4. The van der Waals surface area contributed by atoms with Crippen LogP contribution in [0.25, 0.3) is 11.0 Å². The predicted octanol–water partition coefficient (Wildman–Crippen LogP) is 3.45. The molecule has 0 unspecified atom stereocenters. The number of carboxylic acid groups (broad SMARTS) is 2. The highest BCUT2D eigenvalue weighted by Crippen LogP contribution is 2.33. The number of fused-ring (bicyclic) bond motifs is 2. The van der Waals surface area contributed by atoms with Crippen LogP contribution in [0.4, 0.5) is 10.1 Å². The summed E-state index contributed by atoms with van der Waals surface area (Å²) in [6.07, 6.45) is 3.89. The van der Waals surface area contributed by atoms with Crippen molar-refractivity contribution in [2.24, 2.45) is 0 Å². The van der Waals surface area contributed by atoms with Gasteiger partial charge in [0.2, 0.25) is 5.91 Å². The van der Waals surface area contributed by atoms with Crippen molar-refractivity contribution in [2.75, 3.05) is 31.1 Å². The van der Waals surface area contributed by atoms with E-state index in [2.05, 4.69) is 16.1 Å². The van der Waals surface area contributed by atoms with Gasteiger partial charge >= 0.3 is 11.9 Å². The van der Waals surface area contributed by atoms with Crippen LogP contribution >= 0.6 is 0 Å². The molecular formula is C26H26FN3O6. The largest absolute Gasteiger partial charge is 0.478 e. The molecule has 0 bridgehead atoms. The monoisotopic (exact) mass is 495 g/mol. The molecule has 9 nitrogen and oxygen atoms in total. The molecule has 1 amide bonds. The fourth-order valence-corrected chi connectivity index (χ4v) is 4.61. The molecule has 0 saturated carbocycles. The van der Waals surface area contributed by atoms with Crippen LogP contribution in [0.3, 0.4) is 0 Å². The summed E-state index contributed by atoms with van der Waals surface area (Å²) in [7, 11) is 0. The zero-order valence-corrected chi connectivity index (χ0v) is 19.5. The lowest BCUT2D eigenvalue weighted by Crippen LogP contribution is -2.42. The number of aliphatic carboxylic acids is 2. The number of benzene rings is 2. The van der Waals surface area contributed by atoms with Crippen LogP contribution in [0.5, 0.6) is 0 Å². The SMILES string of the molecule is O=C(CN1CCC(c2noc3cc(F)ccc23)CC1)N1CCc2ccccc21.O=C(O)/C=C/C(=O)O. The van der Waals surface area contributed by atoms with E-state index in [9.17, 15) is 18.8 Å². The fraction of sp³-hybridized carbons (Fsp3) is 0.308. The zero-order valence-electron chi connectivity index (χ0n) is 19.5. The average Bonchev–Trinajstić information content (AvgIpc) is 3.48. The van der Waals surface area contributed by atoms with Crippen molar-refractivity contribution in [1.82, 2.24) is 10.1 Å². The fourth-order valence-electron chi connectivity index (χ4n) is 4.61. The van der Waals surface area contributed by atoms with Gasteiger partial charge in [0, 0.05) is 41.8 Å². The minimum absolute atomic E-state index is 0.172. The van der Waals surface area contributed by atoms with Gasteiger partial charge in [-0.15, -0.1) is 0 Å². The van der Waals surface area contributed by atoms with Gasteiger partial charge in [-0.2, -0.15) is 0 Å². The van der Waals surface area contributed by atoms with Crippen molar-refractivity contribution >= 4 is 34.5 Å². The summed E-state index contributed by atoms with van der Waals surface area (Å²) in [4.78, 5) is 36.1. The minimum Gasteiger partial charge on any atom is -0.478 e. The smallest absolute Gasteiger partial charge is 0.328 e. The van der Waals surface area contributed by atoms with E-state index in [1.165, 1.54) is 17.7 Å². The number of halogens is 1. The molecule has 0 spiro atoms. The van der Waals surface area contributed by atoms with Crippen molar-refractivity contribution in [1.29, 1.82) is 0 Å². The van der Waals surface area contributed by atoms with Gasteiger partial charge in [-0.1, -0.05) is 23.4 Å². The summed E-state index contributed by atoms with van der Waals surface area (Å²) in [5.41, 5.74) is 3.72. The van der Waals surface area contributed by atoms with E-state index in [0.29, 0.717) is 24.3 Å². The quantitative estimate of drug-likeness (QED) is 0.516. The third-order valence-corrected chi connectivity index (χ3v) is 6.35. The van der Waals surface area contributed by atoms with E-state index in [4.69, 9.17) is 14.7 Å². The van der Waals surface area contributed by atoms with Gasteiger partial charge < -0.3 is 19.6 Å². The number of carboxylic acids is 2. The summed E-state index contributed by atoms with van der Waals surface area (Å²) >= 11 is 0. The van der Waals surface area contributed by atoms with Gasteiger partial charge in [0.05, 0.1) is 12.2 Å². The summed E-state index contributed by atoms with van der Waals surface area (Å²) in [5, 5.41) is 20.7. The molecule has 3 aromatic rings. The molecule has 2 aliphatic heterocycles. The first kappa shape index (κ1) is 25.1. The van der Waals surface area contributed by atoms with Crippen LogP contribution in [0, 0.1) is 5.82 Å². The van der Waals surface area contributed by atoms with Gasteiger partial charge in [-0.3, -0.25) is 9.69 Å². The third-order valence-electron chi connectivity index (χ3n) is 6.35. The first-order valence-electron chi connectivity index (χ1n) is 11.6. The molecule has 1 fully saturated rings. The van der Waals surface area contributed by atoms with E-state index in [1.54, 1.807) is 6.07 Å².